The van der Waals surface area contributed by atoms with Gasteiger partial charge in [0.1, 0.15) is 5.25 Å². The fourth-order valence-corrected chi connectivity index (χ4v) is 6.49. The Hall–Kier alpha value is -0.0831. The van der Waals surface area contributed by atoms with E-state index in [9.17, 15) is 9.90 Å². The lowest BCUT2D eigenvalue weighted by molar-refractivity contribution is -0.136. The Labute approximate surface area is 153 Å². The molecule has 0 aliphatic carbocycles. The molecule has 0 bridgehead atoms. The van der Waals surface area contributed by atoms with Gasteiger partial charge in [0.25, 0.3) is 0 Å². The normalized spacial score (nSPS) is 13.2. The van der Waals surface area contributed by atoms with E-state index in [2.05, 4.69) is 6.92 Å². The standard InChI is InChI=1S/C17H36O5SSi/c1-5-9-10-11-13-16(17(18)19)23-14-12-15-24(20-6-2,21-7-3)22-8-4/h16H,5-15H2,1-4H3,(H,18,19). The van der Waals surface area contributed by atoms with Crippen LogP contribution in [-0.4, -0.2) is 50.7 Å². The van der Waals surface area contributed by atoms with E-state index < -0.39 is 14.8 Å². The van der Waals surface area contributed by atoms with Crippen LogP contribution >= 0.6 is 11.8 Å². The summed E-state index contributed by atoms with van der Waals surface area (Å²) in [6.07, 6.45) is 6.08. The number of carboxylic acids is 1. The van der Waals surface area contributed by atoms with Crippen LogP contribution in [0.3, 0.4) is 0 Å². The van der Waals surface area contributed by atoms with Gasteiger partial charge in [0.05, 0.1) is 0 Å². The van der Waals surface area contributed by atoms with Gasteiger partial charge in [0.2, 0.25) is 0 Å². The van der Waals surface area contributed by atoms with Crippen LogP contribution in [0.15, 0.2) is 0 Å². The fourth-order valence-electron chi connectivity index (χ4n) is 2.55. The Balaban J connectivity index is 4.28. The molecule has 0 aromatic heterocycles. The van der Waals surface area contributed by atoms with E-state index >= 15 is 0 Å². The molecule has 0 saturated heterocycles. The third-order valence-corrected chi connectivity index (χ3v) is 8.15. The Bertz CT molecular complexity index is 300. The Morgan fingerprint density at radius 2 is 1.54 bits per heavy atom. The first-order chi connectivity index (χ1) is 11.5. The van der Waals surface area contributed by atoms with E-state index in [-0.39, 0.29) is 5.25 Å². The van der Waals surface area contributed by atoms with Gasteiger partial charge in [-0.05, 0) is 39.4 Å². The highest BCUT2D eigenvalue weighted by molar-refractivity contribution is 8.00. The Morgan fingerprint density at radius 3 is 2.00 bits per heavy atom. The van der Waals surface area contributed by atoms with Gasteiger partial charge in [-0.1, -0.05) is 32.6 Å². The largest absolute Gasteiger partial charge is 0.500 e. The number of rotatable bonds is 17. The van der Waals surface area contributed by atoms with Gasteiger partial charge in [-0.25, -0.2) is 0 Å². The van der Waals surface area contributed by atoms with Crippen molar-refractivity contribution in [2.24, 2.45) is 0 Å². The zero-order valence-corrected chi connectivity index (χ0v) is 17.7. The maximum absolute atomic E-state index is 11.4. The predicted molar refractivity (Wildman–Crippen MR) is 103 cm³/mol. The summed E-state index contributed by atoms with van der Waals surface area (Å²) in [7, 11) is -2.59. The van der Waals surface area contributed by atoms with Gasteiger partial charge < -0.3 is 18.4 Å². The van der Waals surface area contributed by atoms with Crippen molar-refractivity contribution < 1.29 is 23.2 Å². The smallest absolute Gasteiger partial charge is 0.480 e. The van der Waals surface area contributed by atoms with Crippen molar-refractivity contribution in [1.29, 1.82) is 0 Å². The van der Waals surface area contributed by atoms with E-state index in [0.717, 1.165) is 37.5 Å². The molecule has 0 aliphatic heterocycles. The number of thioether (sulfide) groups is 1. The third kappa shape index (κ3) is 10.7. The van der Waals surface area contributed by atoms with E-state index in [1.54, 1.807) is 0 Å². The maximum Gasteiger partial charge on any atom is 0.500 e. The minimum Gasteiger partial charge on any atom is -0.480 e. The summed E-state index contributed by atoms with van der Waals surface area (Å²) in [4.78, 5) is 11.4. The summed E-state index contributed by atoms with van der Waals surface area (Å²) in [5.74, 6) is 0.103. The number of aliphatic carboxylic acids is 1. The predicted octanol–water partition coefficient (Wildman–Crippen LogP) is 4.58. The van der Waals surface area contributed by atoms with Crippen LogP contribution < -0.4 is 0 Å². The second-order valence-electron chi connectivity index (χ2n) is 5.63. The van der Waals surface area contributed by atoms with Crippen molar-refractivity contribution in [2.75, 3.05) is 25.6 Å². The van der Waals surface area contributed by atoms with Crippen LogP contribution in [0.4, 0.5) is 0 Å². The van der Waals surface area contributed by atoms with Crippen LogP contribution in [0.25, 0.3) is 0 Å². The molecule has 0 aromatic carbocycles. The van der Waals surface area contributed by atoms with Crippen LogP contribution in [0, 0.1) is 0 Å². The number of hydrogen-bond donors (Lipinski definition) is 1. The molecule has 0 rings (SSSR count). The van der Waals surface area contributed by atoms with Gasteiger partial charge in [0.15, 0.2) is 0 Å². The molecule has 0 aliphatic rings. The molecule has 0 radical (unpaired) electrons. The van der Waals surface area contributed by atoms with E-state index in [0.29, 0.717) is 19.8 Å². The molecule has 0 aromatic rings. The molecular formula is C17H36O5SSi. The van der Waals surface area contributed by atoms with E-state index in [1.807, 2.05) is 20.8 Å². The molecule has 5 nitrogen and oxygen atoms in total. The highest BCUT2D eigenvalue weighted by atomic mass is 32.2. The molecule has 1 atom stereocenters. The molecular weight excluding hydrogens is 344 g/mol. The van der Waals surface area contributed by atoms with Crippen molar-refractivity contribution in [1.82, 2.24) is 0 Å². The number of carbonyl (C=O) groups is 1. The quantitative estimate of drug-likeness (QED) is 0.294. The molecule has 0 saturated carbocycles. The average Bonchev–Trinajstić information content (AvgIpc) is 2.54. The first-order valence-corrected chi connectivity index (χ1v) is 12.3. The number of unbranched alkanes of at least 4 members (excludes halogenated alkanes) is 3. The number of carboxylic acid groups (broad SMARTS) is 1. The van der Waals surface area contributed by atoms with E-state index in [1.165, 1.54) is 24.6 Å². The lowest BCUT2D eigenvalue weighted by Crippen LogP contribution is -2.46. The van der Waals surface area contributed by atoms with Crippen LogP contribution in [0.2, 0.25) is 6.04 Å². The Kier molecular flexibility index (Phi) is 15.1. The monoisotopic (exact) mass is 380 g/mol. The fraction of sp³-hybridized carbons (Fsp3) is 0.941. The van der Waals surface area contributed by atoms with Gasteiger partial charge >= 0.3 is 14.8 Å². The minimum atomic E-state index is -2.59. The third-order valence-electron chi connectivity index (χ3n) is 3.63. The molecule has 0 amide bonds. The molecule has 1 N–H and O–H groups in total. The summed E-state index contributed by atoms with van der Waals surface area (Å²) < 4.78 is 17.5. The summed E-state index contributed by atoms with van der Waals surface area (Å²) in [6.45, 7) is 9.74. The lowest BCUT2D eigenvalue weighted by atomic mass is 10.1. The van der Waals surface area contributed by atoms with Crippen LogP contribution in [0.5, 0.6) is 0 Å². The Morgan fingerprint density at radius 1 is 0.958 bits per heavy atom. The molecule has 0 spiro atoms. The highest BCUT2D eigenvalue weighted by Crippen LogP contribution is 2.24. The van der Waals surface area contributed by atoms with Crippen molar-refractivity contribution in [2.45, 2.75) is 77.5 Å². The van der Waals surface area contributed by atoms with Crippen LogP contribution in [-0.2, 0) is 18.1 Å². The minimum absolute atomic E-state index is 0.302. The lowest BCUT2D eigenvalue weighted by Gasteiger charge is -2.28. The summed E-state index contributed by atoms with van der Waals surface area (Å²) in [6, 6.07) is 0.748. The molecule has 0 heterocycles. The topological polar surface area (TPSA) is 65.0 Å². The second kappa shape index (κ2) is 15.2. The molecule has 24 heavy (non-hydrogen) atoms. The molecule has 0 fully saturated rings. The van der Waals surface area contributed by atoms with Gasteiger partial charge in [-0.15, -0.1) is 11.8 Å². The van der Waals surface area contributed by atoms with Crippen molar-refractivity contribution in [3.63, 3.8) is 0 Å². The van der Waals surface area contributed by atoms with Crippen molar-refractivity contribution >= 4 is 26.5 Å². The molecule has 7 heteroatoms. The molecule has 1 unspecified atom stereocenters. The highest BCUT2D eigenvalue weighted by Gasteiger charge is 2.39. The van der Waals surface area contributed by atoms with Crippen LogP contribution in [0.1, 0.15) is 66.2 Å². The van der Waals surface area contributed by atoms with Crippen molar-refractivity contribution in [3.8, 4) is 0 Å². The van der Waals surface area contributed by atoms with Gasteiger partial charge in [-0.3, -0.25) is 4.79 Å². The first kappa shape index (κ1) is 23.9. The zero-order chi connectivity index (χ0) is 18.3. The summed E-state index contributed by atoms with van der Waals surface area (Å²) >= 11 is 1.54. The number of hydrogen-bond acceptors (Lipinski definition) is 5. The molecule has 144 valence electrons. The van der Waals surface area contributed by atoms with E-state index in [4.69, 9.17) is 13.3 Å². The zero-order valence-electron chi connectivity index (χ0n) is 15.8. The van der Waals surface area contributed by atoms with Gasteiger partial charge in [0, 0.05) is 25.9 Å². The summed E-state index contributed by atoms with van der Waals surface area (Å²) in [5, 5.41) is 9.05. The van der Waals surface area contributed by atoms with Crippen molar-refractivity contribution in [3.05, 3.63) is 0 Å². The summed E-state index contributed by atoms with van der Waals surface area (Å²) in [5.41, 5.74) is 0. The van der Waals surface area contributed by atoms with Gasteiger partial charge in [-0.2, -0.15) is 0 Å². The first-order valence-electron chi connectivity index (χ1n) is 9.31. The SMILES string of the molecule is CCCCCCC(SCCC[Si](OCC)(OCC)OCC)C(=O)O. The second-order valence-corrected chi connectivity index (χ2v) is 9.68. The maximum atomic E-state index is 11.4. The average molecular weight is 381 g/mol.